The third-order valence-electron chi connectivity index (χ3n) is 2.92. The highest BCUT2D eigenvalue weighted by Gasteiger charge is 2.23. The van der Waals surface area contributed by atoms with Gasteiger partial charge >= 0.3 is 5.97 Å². The summed E-state index contributed by atoms with van der Waals surface area (Å²) >= 11 is 1.32. The summed E-state index contributed by atoms with van der Waals surface area (Å²) in [5.41, 5.74) is 1.60. The maximum Gasteiger partial charge on any atom is 0.326 e. The highest BCUT2D eigenvalue weighted by molar-refractivity contribution is 7.12. The molecule has 0 unspecified atom stereocenters. The summed E-state index contributed by atoms with van der Waals surface area (Å²) < 4.78 is 0. The minimum Gasteiger partial charge on any atom is -0.480 e. The second-order valence-corrected chi connectivity index (χ2v) is 5.19. The molecule has 0 aromatic carbocycles. The Morgan fingerprint density at radius 1 is 1.55 bits per heavy atom. The molecule has 0 aliphatic rings. The van der Waals surface area contributed by atoms with Crippen molar-refractivity contribution in [1.29, 1.82) is 0 Å². The number of carbonyl (C=O) groups excluding carboxylic acids is 1. The molecule has 0 fully saturated rings. The van der Waals surface area contributed by atoms with E-state index in [1.165, 1.54) is 17.7 Å². The number of hydrogen-bond donors (Lipinski definition) is 3. The highest BCUT2D eigenvalue weighted by atomic mass is 32.1. The molecule has 7 heteroatoms. The first kappa shape index (κ1) is 14.3. The summed E-state index contributed by atoms with van der Waals surface area (Å²) in [7, 11) is 0. The second kappa shape index (κ2) is 6.33. The number of H-pyrrole nitrogens is 1. The first-order chi connectivity index (χ1) is 9.61. The van der Waals surface area contributed by atoms with E-state index in [0.717, 1.165) is 12.0 Å². The lowest BCUT2D eigenvalue weighted by Gasteiger charge is -2.13. The number of hydrogen-bond acceptors (Lipinski definition) is 4. The maximum atomic E-state index is 12.1. The minimum absolute atomic E-state index is 0.175. The van der Waals surface area contributed by atoms with E-state index in [2.05, 4.69) is 15.3 Å². The van der Waals surface area contributed by atoms with Gasteiger partial charge in [-0.25, -0.2) is 9.78 Å². The highest BCUT2D eigenvalue weighted by Crippen LogP contribution is 2.17. The Bertz CT molecular complexity index is 592. The SMILES string of the molecule is CCc1ccsc1C(=O)N[C@H](Cc1cnc[nH]1)C(=O)O. The van der Waals surface area contributed by atoms with Crippen molar-refractivity contribution in [2.24, 2.45) is 0 Å². The first-order valence-corrected chi connectivity index (χ1v) is 7.07. The van der Waals surface area contributed by atoms with Crippen LogP contribution < -0.4 is 5.32 Å². The Morgan fingerprint density at radius 3 is 2.95 bits per heavy atom. The van der Waals surface area contributed by atoms with E-state index < -0.39 is 12.0 Å². The smallest absolute Gasteiger partial charge is 0.326 e. The molecule has 0 spiro atoms. The van der Waals surface area contributed by atoms with Crippen molar-refractivity contribution < 1.29 is 14.7 Å². The second-order valence-electron chi connectivity index (χ2n) is 4.27. The molecule has 3 N–H and O–H groups in total. The number of nitrogens with one attached hydrogen (secondary N) is 2. The van der Waals surface area contributed by atoms with Crippen molar-refractivity contribution in [3.8, 4) is 0 Å². The third kappa shape index (κ3) is 3.24. The van der Waals surface area contributed by atoms with Gasteiger partial charge in [-0.3, -0.25) is 4.79 Å². The number of imidazole rings is 1. The number of rotatable bonds is 6. The van der Waals surface area contributed by atoms with E-state index in [4.69, 9.17) is 0 Å². The molecule has 2 aromatic heterocycles. The summed E-state index contributed by atoms with van der Waals surface area (Å²) in [6, 6.07) is 0.902. The van der Waals surface area contributed by atoms with Gasteiger partial charge < -0.3 is 15.4 Å². The number of aryl methyl sites for hydroxylation is 1. The van der Waals surface area contributed by atoms with E-state index in [-0.39, 0.29) is 12.3 Å². The molecule has 2 rings (SSSR count). The largest absolute Gasteiger partial charge is 0.480 e. The van der Waals surface area contributed by atoms with Crippen molar-refractivity contribution in [1.82, 2.24) is 15.3 Å². The fourth-order valence-electron chi connectivity index (χ4n) is 1.85. The van der Waals surface area contributed by atoms with Gasteiger partial charge in [0.05, 0.1) is 11.2 Å². The summed E-state index contributed by atoms with van der Waals surface area (Å²) in [5, 5.41) is 13.6. The van der Waals surface area contributed by atoms with Crippen LogP contribution in [0.15, 0.2) is 24.0 Å². The lowest BCUT2D eigenvalue weighted by Crippen LogP contribution is -2.42. The molecule has 1 atom stereocenters. The molecule has 20 heavy (non-hydrogen) atoms. The minimum atomic E-state index is -1.07. The van der Waals surface area contributed by atoms with Gasteiger partial charge in [0.25, 0.3) is 5.91 Å². The molecule has 0 aliphatic heterocycles. The predicted molar refractivity (Wildman–Crippen MR) is 74.9 cm³/mol. The number of carbonyl (C=O) groups is 2. The summed E-state index contributed by atoms with van der Waals surface area (Å²) in [5.74, 6) is -1.41. The standard InChI is InChI=1S/C13H15N3O3S/c1-2-8-3-4-20-11(8)12(17)16-10(13(18)19)5-9-6-14-7-15-9/h3-4,6-7,10H,2,5H2,1H3,(H,14,15)(H,16,17)(H,18,19)/t10-/m1/s1. The molecule has 106 valence electrons. The van der Waals surface area contributed by atoms with E-state index in [1.54, 1.807) is 6.20 Å². The maximum absolute atomic E-state index is 12.1. The zero-order valence-electron chi connectivity index (χ0n) is 10.9. The summed E-state index contributed by atoms with van der Waals surface area (Å²) in [6.07, 6.45) is 3.94. The van der Waals surface area contributed by atoms with E-state index in [1.807, 2.05) is 18.4 Å². The molecule has 0 bridgehead atoms. The monoisotopic (exact) mass is 293 g/mol. The quantitative estimate of drug-likeness (QED) is 0.751. The number of nitrogens with zero attached hydrogens (tertiary/aromatic N) is 1. The fourth-order valence-corrected chi connectivity index (χ4v) is 2.75. The van der Waals surface area contributed by atoms with Crippen LogP contribution in [-0.4, -0.2) is 33.0 Å². The average Bonchev–Trinajstić information content (AvgIpc) is 3.08. The Morgan fingerprint density at radius 2 is 2.35 bits per heavy atom. The molecule has 0 saturated carbocycles. The van der Waals surface area contributed by atoms with Gasteiger partial charge in [0.1, 0.15) is 6.04 Å². The number of aliphatic carboxylic acids is 1. The van der Waals surface area contributed by atoms with Crippen molar-refractivity contribution >= 4 is 23.2 Å². The van der Waals surface area contributed by atoms with Crippen LogP contribution in [0.3, 0.4) is 0 Å². The Labute approximate surface area is 119 Å². The average molecular weight is 293 g/mol. The van der Waals surface area contributed by atoms with Crippen LogP contribution in [0.25, 0.3) is 0 Å². The van der Waals surface area contributed by atoms with Crippen molar-refractivity contribution in [3.05, 3.63) is 40.1 Å². The molecule has 1 amide bonds. The molecule has 0 saturated heterocycles. The number of aromatic amines is 1. The van der Waals surface area contributed by atoms with Crippen LogP contribution in [0.2, 0.25) is 0 Å². The normalized spacial score (nSPS) is 12.1. The van der Waals surface area contributed by atoms with Crippen LogP contribution in [0.1, 0.15) is 27.9 Å². The topological polar surface area (TPSA) is 95.1 Å². The van der Waals surface area contributed by atoms with Crippen LogP contribution in [0.4, 0.5) is 0 Å². The summed E-state index contributed by atoms with van der Waals surface area (Å²) in [4.78, 5) is 30.6. The fraction of sp³-hybridized carbons (Fsp3) is 0.308. The number of carboxylic acid groups (broad SMARTS) is 1. The van der Waals surface area contributed by atoms with Gasteiger partial charge in [-0.15, -0.1) is 11.3 Å². The van der Waals surface area contributed by atoms with Gasteiger partial charge in [0.15, 0.2) is 0 Å². The van der Waals surface area contributed by atoms with Gasteiger partial charge in [-0.05, 0) is 23.4 Å². The Hall–Kier alpha value is -2.15. The van der Waals surface area contributed by atoms with Crippen molar-refractivity contribution in [2.75, 3.05) is 0 Å². The third-order valence-corrected chi connectivity index (χ3v) is 3.87. The van der Waals surface area contributed by atoms with Gasteiger partial charge in [-0.2, -0.15) is 0 Å². The van der Waals surface area contributed by atoms with Gasteiger partial charge in [-0.1, -0.05) is 6.92 Å². The van der Waals surface area contributed by atoms with Crippen LogP contribution in [0.5, 0.6) is 0 Å². The number of thiophene rings is 1. The van der Waals surface area contributed by atoms with Crippen LogP contribution >= 0.6 is 11.3 Å². The molecular weight excluding hydrogens is 278 g/mol. The van der Waals surface area contributed by atoms with Crippen molar-refractivity contribution in [2.45, 2.75) is 25.8 Å². The molecule has 0 aliphatic carbocycles. The van der Waals surface area contributed by atoms with E-state index in [9.17, 15) is 14.7 Å². The zero-order chi connectivity index (χ0) is 14.5. The number of amides is 1. The van der Waals surface area contributed by atoms with Gasteiger partial charge in [0.2, 0.25) is 0 Å². The zero-order valence-corrected chi connectivity index (χ0v) is 11.7. The molecule has 0 radical (unpaired) electrons. The van der Waals surface area contributed by atoms with E-state index in [0.29, 0.717) is 10.6 Å². The number of carboxylic acids is 1. The Balaban J connectivity index is 2.08. The molecule has 2 aromatic rings. The van der Waals surface area contributed by atoms with Crippen LogP contribution in [0, 0.1) is 0 Å². The lowest BCUT2D eigenvalue weighted by atomic mass is 10.1. The lowest BCUT2D eigenvalue weighted by molar-refractivity contribution is -0.139. The Kier molecular flexibility index (Phi) is 4.52. The number of aromatic nitrogens is 2. The first-order valence-electron chi connectivity index (χ1n) is 6.19. The summed E-state index contributed by atoms with van der Waals surface area (Å²) in [6.45, 7) is 1.96. The predicted octanol–water partition coefficient (Wildman–Crippen LogP) is 1.46. The van der Waals surface area contributed by atoms with Gasteiger partial charge in [0, 0.05) is 18.3 Å². The van der Waals surface area contributed by atoms with Crippen LogP contribution in [-0.2, 0) is 17.6 Å². The molecular formula is C13H15N3O3S. The molecule has 2 heterocycles. The molecule has 6 nitrogen and oxygen atoms in total. The van der Waals surface area contributed by atoms with Crippen molar-refractivity contribution in [3.63, 3.8) is 0 Å². The van der Waals surface area contributed by atoms with E-state index >= 15 is 0 Å².